The number of nitrogens with zero attached hydrogens (tertiary/aromatic N) is 1. The van der Waals surface area contributed by atoms with Gasteiger partial charge in [-0.1, -0.05) is 12.8 Å². The molecule has 0 saturated heterocycles. The van der Waals surface area contributed by atoms with Crippen molar-refractivity contribution in [2.45, 2.75) is 45.1 Å². The van der Waals surface area contributed by atoms with Crippen LogP contribution in [0.25, 0.3) is 0 Å². The fraction of sp³-hybridized carbons (Fsp3) is 0.750. The van der Waals surface area contributed by atoms with Crippen molar-refractivity contribution >= 4 is 11.3 Å². The van der Waals surface area contributed by atoms with Gasteiger partial charge in [-0.05, 0) is 39.2 Å². The second-order valence-electron chi connectivity index (χ2n) is 4.50. The molecule has 1 aromatic heterocycles. The van der Waals surface area contributed by atoms with Crippen molar-refractivity contribution in [2.75, 3.05) is 7.05 Å². The van der Waals surface area contributed by atoms with Crippen LogP contribution in [0.4, 0.5) is 0 Å². The van der Waals surface area contributed by atoms with E-state index in [-0.39, 0.29) is 0 Å². The lowest BCUT2D eigenvalue weighted by molar-refractivity contribution is 0.271. The molecule has 0 aliphatic heterocycles. The molecule has 0 amide bonds. The number of nitrogens with one attached hydrogen (secondary N) is 1. The Morgan fingerprint density at radius 1 is 1.47 bits per heavy atom. The van der Waals surface area contributed by atoms with Crippen LogP contribution in [0.1, 0.15) is 36.4 Å². The second kappa shape index (κ2) is 5.08. The summed E-state index contributed by atoms with van der Waals surface area (Å²) in [7, 11) is 2.09. The minimum absolute atomic E-state index is 0.709. The molecule has 2 atom stereocenters. The van der Waals surface area contributed by atoms with Gasteiger partial charge in [-0.3, -0.25) is 0 Å². The smallest absolute Gasteiger partial charge is 0.0897 e. The summed E-state index contributed by atoms with van der Waals surface area (Å²) in [5.74, 6) is 0.797. The lowest BCUT2D eigenvalue weighted by Crippen LogP contribution is -2.37. The fourth-order valence-corrected chi connectivity index (χ4v) is 3.23. The van der Waals surface area contributed by atoms with Crippen LogP contribution in [-0.2, 0) is 6.42 Å². The van der Waals surface area contributed by atoms with E-state index < -0.39 is 0 Å². The maximum Gasteiger partial charge on any atom is 0.0897 e. The third kappa shape index (κ3) is 2.79. The summed E-state index contributed by atoms with van der Waals surface area (Å²) in [5, 5.41) is 6.87. The highest BCUT2D eigenvalue weighted by Gasteiger charge is 2.24. The Morgan fingerprint density at radius 2 is 2.27 bits per heavy atom. The molecule has 1 aliphatic rings. The zero-order valence-corrected chi connectivity index (χ0v) is 10.4. The van der Waals surface area contributed by atoms with E-state index in [2.05, 4.69) is 29.7 Å². The van der Waals surface area contributed by atoms with Crippen molar-refractivity contribution in [3.8, 4) is 0 Å². The maximum atomic E-state index is 4.56. The van der Waals surface area contributed by atoms with E-state index in [1.807, 2.05) is 0 Å². The molecular formula is C12H20N2S. The van der Waals surface area contributed by atoms with E-state index in [9.17, 15) is 0 Å². The fourth-order valence-electron chi connectivity index (χ4n) is 2.60. The quantitative estimate of drug-likeness (QED) is 0.854. The number of aromatic nitrogens is 1. The minimum Gasteiger partial charge on any atom is -0.317 e. The van der Waals surface area contributed by atoms with Crippen LogP contribution in [0, 0.1) is 12.8 Å². The van der Waals surface area contributed by atoms with Crippen molar-refractivity contribution < 1.29 is 0 Å². The van der Waals surface area contributed by atoms with Crippen molar-refractivity contribution in [3.63, 3.8) is 0 Å². The van der Waals surface area contributed by atoms with Gasteiger partial charge >= 0.3 is 0 Å². The minimum atomic E-state index is 0.709. The first kappa shape index (κ1) is 11.1. The number of hydrogen-bond acceptors (Lipinski definition) is 3. The first-order chi connectivity index (χ1) is 7.29. The van der Waals surface area contributed by atoms with Gasteiger partial charge in [0.05, 0.1) is 10.7 Å². The van der Waals surface area contributed by atoms with Crippen LogP contribution in [0.15, 0.2) is 5.38 Å². The van der Waals surface area contributed by atoms with E-state index in [1.165, 1.54) is 36.4 Å². The van der Waals surface area contributed by atoms with Crippen LogP contribution in [0.5, 0.6) is 0 Å². The number of hydrogen-bond donors (Lipinski definition) is 1. The largest absolute Gasteiger partial charge is 0.317 e. The van der Waals surface area contributed by atoms with Gasteiger partial charge in [0.25, 0.3) is 0 Å². The Balaban J connectivity index is 1.97. The zero-order valence-electron chi connectivity index (χ0n) is 9.62. The topological polar surface area (TPSA) is 24.9 Å². The SMILES string of the molecule is CNC1CCCCC1Cc1csc(C)n1. The summed E-state index contributed by atoms with van der Waals surface area (Å²) in [4.78, 5) is 4.56. The van der Waals surface area contributed by atoms with E-state index in [0.29, 0.717) is 6.04 Å². The van der Waals surface area contributed by atoms with Gasteiger partial charge in [0.2, 0.25) is 0 Å². The van der Waals surface area contributed by atoms with Gasteiger partial charge in [-0.15, -0.1) is 11.3 Å². The van der Waals surface area contributed by atoms with Crippen molar-refractivity contribution in [1.29, 1.82) is 0 Å². The van der Waals surface area contributed by atoms with E-state index >= 15 is 0 Å². The van der Waals surface area contributed by atoms with Crippen LogP contribution in [-0.4, -0.2) is 18.1 Å². The molecule has 1 heterocycles. The van der Waals surface area contributed by atoms with Gasteiger partial charge < -0.3 is 5.32 Å². The Kier molecular flexibility index (Phi) is 3.76. The Labute approximate surface area is 96.1 Å². The molecule has 0 radical (unpaired) electrons. The van der Waals surface area contributed by atoms with Gasteiger partial charge in [0, 0.05) is 11.4 Å². The zero-order chi connectivity index (χ0) is 10.7. The van der Waals surface area contributed by atoms with Crippen molar-refractivity contribution in [3.05, 3.63) is 16.1 Å². The third-order valence-electron chi connectivity index (χ3n) is 3.42. The Bertz CT molecular complexity index is 308. The molecule has 84 valence electrons. The van der Waals surface area contributed by atoms with Crippen LogP contribution < -0.4 is 5.32 Å². The second-order valence-corrected chi connectivity index (χ2v) is 5.56. The molecule has 1 aliphatic carbocycles. The standard InChI is InChI=1S/C12H20N2S/c1-9-14-11(8-15-9)7-10-5-3-4-6-12(10)13-2/h8,10,12-13H,3-7H2,1-2H3. The van der Waals surface area contributed by atoms with E-state index in [0.717, 1.165) is 12.3 Å². The number of rotatable bonds is 3. The highest BCUT2D eigenvalue weighted by Crippen LogP contribution is 2.27. The predicted octanol–water partition coefficient (Wildman–Crippen LogP) is 2.77. The number of thiazole rings is 1. The summed E-state index contributed by atoms with van der Waals surface area (Å²) in [6.07, 6.45) is 6.65. The first-order valence-electron chi connectivity index (χ1n) is 5.88. The van der Waals surface area contributed by atoms with Gasteiger partial charge in [-0.2, -0.15) is 0 Å². The molecular weight excluding hydrogens is 204 g/mol. The monoisotopic (exact) mass is 224 g/mol. The molecule has 1 saturated carbocycles. The maximum absolute atomic E-state index is 4.56. The molecule has 2 unspecified atom stereocenters. The van der Waals surface area contributed by atoms with Gasteiger partial charge in [0.15, 0.2) is 0 Å². The van der Waals surface area contributed by atoms with Gasteiger partial charge in [-0.25, -0.2) is 4.98 Å². The van der Waals surface area contributed by atoms with Gasteiger partial charge in [0.1, 0.15) is 0 Å². The third-order valence-corrected chi connectivity index (χ3v) is 4.24. The molecule has 2 nitrogen and oxygen atoms in total. The molecule has 1 fully saturated rings. The highest BCUT2D eigenvalue weighted by molar-refractivity contribution is 7.09. The van der Waals surface area contributed by atoms with Crippen molar-refractivity contribution in [2.24, 2.45) is 5.92 Å². The lowest BCUT2D eigenvalue weighted by Gasteiger charge is -2.30. The molecule has 1 aromatic rings. The molecule has 3 heteroatoms. The molecule has 15 heavy (non-hydrogen) atoms. The summed E-state index contributed by atoms with van der Waals surface area (Å²) in [6, 6.07) is 0.709. The van der Waals surface area contributed by atoms with Crippen LogP contribution in [0.2, 0.25) is 0 Å². The highest BCUT2D eigenvalue weighted by atomic mass is 32.1. The molecule has 1 N–H and O–H groups in total. The lowest BCUT2D eigenvalue weighted by atomic mass is 9.82. The van der Waals surface area contributed by atoms with E-state index in [1.54, 1.807) is 11.3 Å². The predicted molar refractivity (Wildman–Crippen MR) is 65.4 cm³/mol. The molecule has 0 spiro atoms. The molecule has 0 aromatic carbocycles. The summed E-state index contributed by atoms with van der Waals surface area (Å²) < 4.78 is 0. The Hall–Kier alpha value is -0.410. The molecule has 0 bridgehead atoms. The first-order valence-corrected chi connectivity index (χ1v) is 6.76. The van der Waals surface area contributed by atoms with Crippen LogP contribution in [0.3, 0.4) is 0 Å². The number of aryl methyl sites for hydroxylation is 1. The Morgan fingerprint density at radius 3 is 2.93 bits per heavy atom. The summed E-state index contributed by atoms with van der Waals surface area (Å²) in [5.41, 5.74) is 1.30. The van der Waals surface area contributed by atoms with E-state index in [4.69, 9.17) is 0 Å². The molecule has 2 rings (SSSR count). The van der Waals surface area contributed by atoms with Crippen molar-refractivity contribution in [1.82, 2.24) is 10.3 Å². The van der Waals surface area contributed by atoms with Crippen LogP contribution >= 0.6 is 11.3 Å². The normalized spacial score (nSPS) is 26.8. The average Bonchev–Trinajstić information content (AvgIpc) is 2.65. The summed E-state index contributed by atoms with van der Waals surface area (Å²) >= 11 is 1.77. The summed E-state index contributed by atoms with van der Waals surface area (Å²) in [6.45, 7) is 2.09. The average molecular weight is 224 g/mol.